The first-order valence-corrected chi connectivity index (χ1v) is 5.76. The molecule has 0 bridgehead atoms. The van der Waals surface area contributed by atoms with Crippen LogP contribution in [0.25, 0.3) is 0 Å². The van der Waals surface area contributed by atoms with E-state index in [1.54, 1.807) is 6.07 Å². The van der Waals surface area contributed by atoms with E-state index in [-0.39, 0.29) is 11.3 Å². The minimum Gasteiger partial charge on any atom is -0.478 e. The Kier molecular flexibility index (Phi) is 3.57. The molecule has 92 valence electrons. The van der Waals surface area contributed by atoms with Crippen molar-refractivity contribution >= 4 is 33.3 Å². The number of nitrogens with zero attached hydrogens (tertiary/aromatic N) is 1. The van der Waals surface area contributed by atoms with E-state index >= 15 is 0 Å². The molecule has 0 unspecified atom stereocenters. The van der Waals surface area contributed by atoms with Crippen LogP contribution in [0, 0.1) is 5.82 Å². The highest BCUT2D eigenvalue weighted by Gasteiger charge is 2.11. The smallest absolute Gasteiger partial charge is 0.339 e. The van der Waals surface area contributed by atoms with Crippen molar-refractivity contribution in [2.45, 2.75) is 0 Å². The maximum Gasteiger partial charge on any atom is 0.339 e. The second-order valence-corrected chi connectivity index (χ2v) is 4.39. The Morgan fingerprint density at radius 2 is 2.11 bits per heavy atom. The number of carbonyl (C=O) groups is 1. The molecule has 1 heterocycles. The van der Waals surface area contributed by atoms with Gasteiger partial charge in [-0.25, -0.2) is 9.18 Å². The highest BCUT2D eigenvalue weighted by atomic mass is 79.9. The summed E-state index contributed by atoms with van der Waals surface area (Å²) in [5.74, 6) is -1.60. The van der Waals surface area contributed by atoms with Crippen molar-refractivity contribution < 1.29 is 14.3 Å². The van der Waals surface area contributed by atoms with E-state index in [1.807, 2.05) is 0 Å². The van der Waals surface area contributed by atoms with Crippen molar-refractivity contribution in [1.29, 1.82) is 0 Å². The molecule has 0 radical (unpaired) electrons. The average Bonchev–Trinajstić information content (AvgIpc) is 2.33. The summed E-state index contributed by atoms with van der Waals surface area (Å²) in [4.78, 5) is 14.7. The Balaban J connectivity index is 2.37. The number of hydrogen-bond acceptors (Lipinski definition) is 3. The number of benzene rings is 1. The van der Waals surface area contributed by atoms with Gasteiger partial charge in [-0.05, 0) is 24.3 Å². The Labute approximate surface area is 111 Å². The van der Waals surface area contributed by atoms with Crippen LogP contribution in [0.2, 0.25) is 0 Å². The van der Waals surface area contributed by atoms with E-state index in [4.69, 9.17) is 5.11 Å². The zero-order valence-corrected chi connectivity index (χ0v) is 10.6. The predicted octanol–water partition coefficient (Wildman–Crippen LogP) is 3.43. The number of rotatable bonds is 3. The fourth-order valence-electron chi connectivity index (χ4n) is 1.41. The van der Waals surface area contributed by atoms with Crippen LogP contribution in [-0.2, 0) is 0 Å². The van der Waals surface area contributed by atoms with Crippen LogP contribution in [0.4, 0.5) is 15.8 Å². The molecular weight excluding hydrogens is 303 g/mol. The zero-order chi connectivity index (χ0) is 13.1. The fourth-order valence-corrected chi connectivity index (χ4v) is 1.74. The van der Waals surface area contributed by atoms with Gasteiger partial charge in [-0.3, -0.25) is 4.98 Å². The van der Waals surface area contributed by atoms with Gasteiger partial charge in [-0.2, -0.15) is 0 Å². The molecule has 0 spiro atoms. The summed E-state index contributed by atoms with van der Waals surface area (Å²) in [5, 5.41) is 11.7. The standard InChI is InChI=1S/C12H8BrFN2O2/c13-7-1-2-11(9(14)5-7)16-10-3-4-15-6-8(10)12(17)18/h1-6H,(H,15,16)(H,17,18). The van der Waals surface area contributed by atoms with Crippen molar-refractivity contribution in [3.8, 4) is 0 Å². The van der Waals surface area contributed by atoms with E-state index in [9.17, 15) is 9.18 Å². The van der Waals surface area contributed by atoms with Crippen LogP contribution in [0.3, 0.4) is 0 Å². The van der Waals surface area contributed by atoms with Gasteiger partial charge in [0.25, 0.3) is 0 Å². The molecule has 0 aliphatic rings. The van der Waals surface area contributed by atoms with Crippen LogP contribution in [0.15, 0.2) is 41.1 Å². The van der Waals surface area contributed by atoms with E-state index in [0.29, 0.717) is 10.2 Å². The number of hydrogen-bond donors (Lipinski definition) is 2. The third-order valence-electron chi connectivity index (χ3n) is 2.25. The summed E-state index contributed by atoms with van der Waals surface area (Å²) in [6.07, 6.45) is 2.65. The zero-order valence-electron chi connectivity index (χ0n) is 9.02. The second-order valence-electron chi connectivity index (χ2n) is 3.48. The lowest BCUT2D eigenvalue weighted by atomic mass is 10.2. The highest BCUT2D eigenvalue weighted by Crippen LogP contribution is 2.24. The average molecular weight is 311 g/mol. The molecule has 2 rings (SSSR count). The minimum atomic E-state index is -1.12. The van der Waals surface area contributed by atoms with Crippen molar-refractivity contribution in [3.05, 3.63) is 52.5 Å². The molecule has 0 aliphatic carbocycles. The van der Waals surface area contributed by atoms with Crippen LogP contribution in [-0.4, -0.2) is 16.1 Å². The Morgan fingerprint density at radius 1 is 1.33 bits per heavy atom. The summed E-state index contributed by atoms with van der Waals surface area (Å²) in [6, 6.07) is 5.95. The number of carboxylic acid groups (broad SMARTS) is 1. The molecule has 0 fully saturated rings. The lowest BCUT2D eigenvalue weighted by molar-refractivity contribution is 0.0697. The largest absolute Gasteiger partial charge is 0.478 e. The van der Waals surface area contributed by atoms with Crippen LogP contribution in [0.5, 0.6) is 0 Å². The molecule has 2 N–H and O–H groups in total. The lowest BCUT2D eigenvalue weighted by Gasteiger charge is -2.09. The first-order chi connectivity index (χ1) is 8.58. The molecule has 2 aromatic rings. The number of aromatic carboxylic acids is 1. The maximum atomic E-state index is 13.6. The minimum absolute atomic E-state index is 0.0141. The molecule has 1 aromatic carbocycles. The molecule has 0 saturated carbocycles. The molecule has 1 aromatic heterocycles. The summed E-state index contributed by atoms with van der Waals surface area (Å²) in [7, 11) is 0. The van der Waals surface area contributed by atoms with Gasteiger partial charge in [0.15, 0.2) is 0 Å². The lowest BCUT2D eigenvalue weighted by Crippen LogP contribution is -2.04. The highest BCUT2D eigenvalue weighted by molar-refractivity contribution is 9.10. The topological polar surface area (TPSA) is 62.2 Å². The number of halogens is 2. The van der Waals surface area contributed by atoms with Crippen molar-refractivity contribution in [2.75, 3.05) is 5.32 Å². The van der Waals surface area contributed by atoms with E-state index in [0.717, 1.165) is 0 Å². The van der Waals surface area contributed by atoms with E-state index in [2.05, 4.69) is 26.2 Å². The van der Waals surface area contributed by atoms with E-state index < -0.39 is 11.8 Å². The molecule has 4 nitrogen and oxygen atoms in total. The number of nitrogens with one attached hydrogen (secondary N) is 1. The Hall–Kier alpha value is -1.95. The Morgan fingerprint density at radius 3 is 2.78 bits per heavy atom. The number of anilines is 2. The van der Waals surface area contributed by atoms with Crippen LogP contribution in [0.1, 0.15) is 10.4 Å². The predicted molar refractivity (Wildman–Crippen MR) is 68.6 cm³/mol. The first-order valence-electron chi connectivity index (χ1n) is 4.97. The van der Waals surface area contributed by atoms with Gasteiger partial charge >= 0.3 is 5.97 Å². The Bertz CT molecular complexity index is 604. The van der Waals surface area contributed by atoms with Gasteiger partial charge in [0.1, 0.15) is 11.4 Å². The van der Waals surface area contributed by atoms with Gasteiger partial charge in [-0.15, -0.1) is 0 Å². The van der Waals surface area contributed by atoms with Crippen molar-refractivity contribution in [2.24, 2.45) is 0 Å². The number of aromatic nitrogens is 1. The van der Waals surface area contributed by atoms with Gasteiger partial charge in [0.2, 0.25) is 0 Å². The molecule has 0 amide bonds. The molecule has 0 aliphatic heterocycles. The summed E-state index contributed by atoms with van der Waals surface area (Å²) in [5.41, 5.74) is 0.477. The third kappa shape index (κ3) is 2.65. The monoisotopic (exact) mass is 310 g/mol. The van der Waals surface area contributed by atoms with Gasteiger partial charge < -0.3 is 10.4 Å². The summed E-state index contributed by atoms with van der Waals surface area (Å²) >= 11 is 3.15. The SMILES string of the molecule is O=C(O)c1cnccc1Nc1ccc(Br)cc1F. The summed E-state index contributed by atoms with van der Waals surface area (Å²) < 4.78 is 14.2. The second kappa shape index (κ2) is 5.14. The fraction of sp³-hybridized carbons (Fsp3) is 0. The summed E-state index contributed by atoms with van der Waals surface area (Å²) in [6.45, 7) is 0. The molecule has 18 heavy (non-hydrogen) atoms. The third-order valence-corrected chi connectivity index (χ3v) is 2.75. The first kappa shape index (κ1) is 12.5. The quantitative estimate of drug-likeness (QED) is 0.911. The van der Waals surface area contributed by atoms with Gasteiger partial charge in [0, 0.05) is 16.9 Å². The van der Waals surface area contributed by atoms with Crippen molar-refractivity contribution in [3.63, 3.8) is 0 Å². The molecule has 0 saturated heterocycles. The molecule has 6 heteroatoms. The number of pyridine rings is 1. The maximum absolute atomic E-state index is 13.6. The van der Waals surface area contributed by atoms with Crippen LogP contribution < -0.4 is 5.32 Å². The van der Waals surface area contributed by atoms with Gasteiger partial charge in [-0.1, -0.05) is 15.9 Å². The van der Waals surface area contributed by atoms with Crippen molar-refractivity contribution in [1.82, 2.24) is 4.98 Å². The van der Waals surface area contributed by atoms with E-state index in [1.165, 1.54) is 30.6 Å². The van der Waals surface area contributed by atoms with Crippen LogP contribution >= 0.6 is 15.9 Å². The molecule has 0 atom stereocenters. The van der Waals surface area contributed by atoms with Gasteiger partial charge in [0.05, 0.1) is 11.4 Å². The normalized spacial score (nSPS) is 10.1. The number of carboxylic acids is 1. The molecular formula is C12H8BrFN2O2.